The van der Waals surface area contributed by atoms with Crippen LogP contribution in [0.5, 0.6) is 0 Å². The van der Waals surface area contributed by atoms with Gasteiger partial charge in [-0.25, -0.2) is 0 Å². The molecule has 0 atom stereocenters. The molecule has 4 aliphatic rings. The Morgan fingerprint density at radius 2 is 1.62 bits per heavy atom. The summed E-state index contributed by atoms with van der Waals surface area (Å²) in [4.78, 5) is 12.7. The molecule has 0 spiro atoms. The minimum absolute atomic E-state index is 0.0201. The molecule has 0 heterocycles. The maximum atomic E-state index is 12.7. The number of hydrogen-bond acceptors (Lipinski definition) is 5. The smallest absolute Gasteiger partial charge is 0.355 e. The van der Waals surface area contributed by atoms with Gasteiger partial charge in [0.15, 0.2) is 0 Å². The van der Waals surface area contributed by atoms with E-state index < -0.39 is 14.7 Å². The first-order valence-corrected chi connectivity index (χ1v) is 11.1. The lowest BCUT2D eigenvalue weighted by molar-refractivity contribution is -0.172. The van der Waals surface area contributed by atoms with Crippen molar-refractivity contribution < 1.29 is 22.1 Å². The van der Waals surface area contributed by atoms with Gasteiger partial charge in [0.1, 0.15) is 0 Å². The topological polar surface area (TPSA) is 69.7 Å². The molecular formula is C17H27ClO5S. The molecule has 0 amide bonds. The van der Waals surface area contributed by atoms with Crippen LogP contribution in [0, 0.1) is 28.6 Å². The highest BCUT2D eigenvalue weighted by Gasteiger charge is 2.55. The number of carbonyl (C=O) groups excluding carboxylic acids is 1. The molecule has 0 unspecified atom stereocenters. The first-order valence-electron chi connectivity index (χ1n) is 8.83. The minimum atomic E-state index is -3.96. The van der Waals surface area contributed by atoms with Crippen LogP contribution in [0.15, 0.2) is 0 Å². The summed E-state index contributed by atoms with van der Waals surface area (Å²) in [5.41, 5.74) is -0.668. The fraction of sp³-hybridized carbons (Fsp3) is 0.941. The molecule has 4 saturated carbocycles. The van der Waals surface area contributed by atoms with E-state index in [2.05, 4.69) is 4.18 Å². The normalized spacial score (nSPS) is 35.2. The van der Waals surface area contributed by atoms with Gasteiger partial charge in [0.2, 0.25) is 0 Å². The molecule has 4 bridgehead atoms. The Labute approximate surface area is 149 Å². The summed E-state index contributed by atoms with van der Waals surface area (Å²) < 4.78 is 32.0. The molecule has 4 aliphatic carbocycles. The summed E-state index contributed by atoms with van der Waals surface area (Å²) in [6.07, 6.45) is 7.41. The van der Waals surface area contributed by atoms with Crippen LogP contribution in [0.25, 0.3) is 0 Å². The number of rotatable bonds is 7. The summed E-state index contributed by atoms with van der Waals surface area (Å²) in [5.74, 6) is 2.09. The minimum Gasteiger partial charge on any atom is -0.465 e. The Balaban J connectivity index is 1.49. The van der Waals surface area contributed by atoms with Gasteiger partial charge >= 0.3 is 15.3 Å². The second kappa shape index (κ2) is 6.44. The van der Waals surface area contributed by atoms with Crippen LogP contribution in [0.4, 0.5) is 0 Å². The summed E-state index contributed by atoms with van der Waals surface area (Å²) in [7, 11) is 1.10. The van der Waals surface area contributed by atoms with Crippen molar-refractivity contribution in [2.75, 3.05) is 13.2 Å². The molecule has 5 nitrogen and oxygen atoms in total. The first kappa shape index (κ1) is 18.5. The number of halogens is 1. The number of esters is 1. The van der Waals surface area contributed by atoms with Gasteiger partial charge in [0.25, 0.3) is 0 Å². The Morgan fingerprint density at radius 1 is 1.12 bits per heavy atom. The van der Waals surface area contributed by atoms with Gasteiger partial charge in [-0.2, -0.15) is 8.42 Å². The van der Waals surface area contributed by atoms with Crippen molar-refractivity contribution in [3.05, 3.63) is 0 Å². The molecule has 0 radical (unpaired) electrons. The van der Waals surface area contributed by atoms with Gasteiger partial charge in [-0.3, -0.25) is 8.98 Å². The van der Waals surface area contributed by atoms with Crippen molar-refractivity contribution in [1.82, 2.24) is 0 Å². The zero-order valence-corrected chi connectivity index (χ0v) is 16.0. The van der Waals surface area contributed by atoms with Crippen LogP contribution >= 0.6 is 10.7 Å². The van der Waals surface area contributed by atoms with Crippen LogP contribution in [-0.2, 0) is 23.0 Å². The maximum Gasteiger partial charge on any atom is 0.355 e. The molecule has 4 rings (SSSR count). The monoisotopic (exact) mass is 378 g/mol. The molecule has 0 aromatic rings. The highest BCUT2D eigenvalue weighted by Crippen LogP contribution is 2.60. The predicted octanol–water partition coefficient (Wildman–Crippen LogP) is 3.66. The van der Waals surface area contributed by atoms with E-state index in [1.165, 1.54) is 19.3 Å². The highest BCUT2D eigenvalue weighted by molar-refractivity contribution is 8.09. The van der Waals surface area contributed by atoms with E-state index in [1.807, 2.05) is 13.8 Å². The molecule has 0 aliphatic heterocycles. The third-order valence-electron chi connectivity index (χ3n) is 6.07. The second-order valence-corrected chi connectivity index (χ2v) is 11.1. The van der Waals surface area contributed by atoms with Gasteiger partial charge in [0.05, 0.1) is 18.6 Å². The molecule has 7 heteroatoms. The average Bonchev–Trinajstić information content (AvgIpc) is 2.43. The summed E-state index contributed by atoms with van der Waals surface area (Å²) in [6.45, 7) is 4.01. The Bertz CT molecular complexity index is 563. The Kier molecular flexibility index (Phi) is 4.95. The van der Waals surface area contributed by atoms with Gasteiger partial charge in [0, 0.05) is 10.7 Å². The van der Waals surface area contributed by atoms with E-state index in [9.17, 15) is 13.2 Å². The first-order chi connectivity index (χ1) is 11.1. The van der Waals surface area contributed by atoms with Crippen LogP contribution in [0.2, 0.25) is 0 Å². The summed E-state index contributed by atoms with van der Waals surface area (Å²) >= 11 is 0. The molecule has 138 valence electrons. The van der Waals surface area contributed by atoms with Gasteiger partial charge in [-0.05, 0) is 68.1 Å². The van der Waals surface area contributed by atoms with Crippen molar-refractivity contribution in [3.8, 4) is 0 Å². The lowest BCUT2D eigenvalue weighted by Gasteiger charge is -2.55. The molecule has 0 saturated heterocycles. The van der Waals surface area contributed by atoms with Gasteiger partial charge in [-0.1, -0.05) is 13.8 Å². The van der Waals surface area contributed by atoms with Crippen molar-refractivity contribution in [2.45, 2.75) is 58.8 Å². The summed E-state index contributed by atoms with van der Waals surface area (Å²) in [6, 6.07) is 0. The fourth-order valence-electron chi connectivity index (χ4n) is 5.24. The number of carbonyl (C=O) groups is 1. The van der Waals surface area contributed by atoms with E-state index in [1.54, 1.807) is 0 Å². The number of hydrogen-bond donors (Lipinski definition) is 0. The zero-order valence-electron chi connectivity index (χ0n) is 14.4. The Morgan fingerprint density at radius 3 is 2.08 bits per heavy atom. The molecule has 4 fully saturated rings. The van der Waals surface area contributed by atoms with E-state index >= 15 is 0 Å². The lowest BCUT2D eigenvalue weighted by atomic mass is 9.49. The van der Waals surface area contributed by atoms with E-state index in [4.69, 9.17) is 15.4 Å². The lowest BCUT2D eigenvalue weighted by Crippen LogP contribution is -2.50. The standard InChI is InChI=1S/C17H27ClO5S/c1-16(2,11-23-24(18,20)21)3-4-22-15(19)17-8-12-5-13(9-17)7-14(6-12)10-17/h12-14H,3-11H2,1-2H3. The van der Waals surface area contributed by atoms with E-state index in [0.717, 1.165) is 19.3 Å². The fourth-order valence-corrected chi connectivity index (χ4v) is 5.83. The number of ether oxygens (including phenoxy) is 1. The predicted molar refractivity (Wildman–Crippen MR) is 90.7 cm³/mol. The van der Waals surface area contributed by atoms with Crippen LogP contribution in [-0.4, -0.2) is 27.6 Å². The molecule has 0 aromatic heterocycles. The average molecular weight is 379 g/mol. The van der Waals surface area contributed by atoms with Crippen molar-refractivity contribution in [3.63, 3.8) is 0 Å². The van der Waals surface area contributed by atoms with Gasteiger partial charge < -0.3 is 4.74 Å². The molecular weight excluding hydrogens is 352 g/mol. The third kappa shape index (κ3) is 4.25. The van der Waals surface area contributed by atoms with Gasteiger partial charge in [-0.15, -0.1) is 0 Å². The third-order valence-corrected chi connectivity index (χ3v) is 6.74. The molecule has 0 N–H and O–H groups in total. The van der Waals surface area contributed by atoms with Crippen molar-refractivity contribution in [2.24, 2.45) is 28.6 Å². The largest absolute Gasteiger partial charge is 0.465 e. The highest BCUT2D eigenvalue weighted by atomic mass is 35.7. The molecule has 24 heavy (non-hydrogen) atoms. The Hall–Kier alpha value is -0.330. The van der Waals surface area contributed by atoms with Crippen LogP contribution in [0.3, 0.4) is 0 Å². The quantitative estimate of drug-likeness (QED) is 0.499. The van der Waals surface area contributed by atoms with Crippen LogP contribution < -0.4 is 0 Å². The van der Waals surface area contributed by atoms with Crippen molar-refractivity contribution in [1.29, 1.82) is 0 Å². The van der Waals surface area contributed by atoms with Crippen LogP contribution in [0.1, 0.15) is 58.8 Å². The van der Waals surface area contributed by atoms with E-state index in [-0.39, 0.29) is 18.0 Å². The second-order valence-electron chi connectivity index (χ2n) is 8.90. The maximum absolute atomic E-state index is 12.7. The SMILES string of the molecule is CC(C)(CCOC(=O)C12CC3CC(CC(C3)C1)C2)COS(=O)(=O)Cl. The molecule has 0 aromatic carbocycles. The zero-order chi connectivity index (χ0) is 17.6. The van der Waals surface area contributed by atoms with E-state index in [0.29, 0.717) is 30.8 Å². The van der Waals surface area contributed by atoms with Crippen molar-refractivity contribution >= 4 is 26.0 Å². The summed E-state index contributed by atoms with van der Waals surface area (Å²) in [5, 5.41) is 0.